The van der Waals surface area contributed by atoms with Crippen molar-refractivity contribution in [2.24, 2.45) is 11.8 Å². The first-order chi connectivity index (χ1) is 25.2. The monoisotopic (exact) mass is 664 g/mol. The zero-order valence-electron chi connectivity index (χ0n) is 29.8. The average Bonchev–Trinajstić information content (AvgIpc) is 3.53. The minimum absolute atomic E-state index is 0.445. The first-order valence-electron chi connectivity index (χ1n) is 19.3. The van der Waals surface area contributed by atoms with Crippen LogP contribution in [0, 0.1) is 11.8 Å². The maximum Gasteiger partial charge on any atom is 0.0561 e. The van der Waals surface area contributed by atoms with Crippen LogP contribution in [0.3, 0.4) is 0 Å². The lowest BCUT2D eigenvalue weighted by Gasteiger charge is -2.35. The average molecular weight is 665 g/mol. The smallest absolute Gasteiger partial charge is 0.0561 e. The van der Waals surface area contributed by atoms with Crippen molar-refractivity contribution in [3.63, 3.8) is 0 Å². The van der Waals surface area contributed by atoms with Crippen LogP contribution in [-0.2, 0) is 0 Å². The molecule has 1 heterocycles. The fraction of sp³-hybridized carbons (Fsp3) is 0.265. The summed E-state index contributed by atoms with van der Waals surface area (Å²) >= 11 is 0. The molecule has 9 rings (SSSR count). The summed E-state index contributed by atoms with van der Waals surface area (Å²) in [5.41, 5.74) is 13.7. The first kappa shape index (κ1) is 31.9. The molecule has 2 heteroatoms. The molecule has 2 nitrogen and oxygen atoms in total. The lowest BCUT2D eigenvalue weighted by molar-refractivity contribution is 0.380. The second-order valence-corrected chi connectivity index (χ2v) is 15.1. The van der Waals surface area contributed by atoms with Gasteiger partial charge in [0.1, 0.15) is 0 Å². The van der Waals surface area contributed by atoms with Gasteiger partial charge in [-0.3, -0.25) is 0 Å². The van der Waals surface area contributed by atoms with Gasteiger partial charge in [-0.05, 0) is 135 Å². The molecule has 0 saturated carbocycles. The molecule has 0 N–H and O–H groups in total. The zero-order chi connectivity index (χ0) is 34.1. The Hall–Kier alpha value is -5.08. The Balaban J connectivity index is 1.08. The molecular weight excluding hydrogens is 617 g/mol. The molecule has 0 spiro atoms. The SMILES string of the molecule is CC1CC(C2=CCCCC2)=CCC1C1=CC=C(N(c2ccccc2)c2ccc3c4ccccc4n(-c4ccc(C5C=CC=CC5)cc4)c3c2)CC1. The third-order valence-electron chi connectivity index (χ3n) is 12.0. The van der Waals surface area contributed by atoms with E-state index in [1.54, 1.807) is 16.7 Å². The molecule has 4 aromatic carbocycles. The van der Waals surface area contributed by atoms with Crippen LogP contribution in [0.4, 0.5) is 11.4 Å². The number of hydrogen-bond donors (Lipinski definition) is 0. The van der Waals surface area contributed by atoms with E-state index >= 15 is 0 Å². The van der Waals surface area contributed by atoms with E-state index < -0.39 is 0 Å². The Morgan fingerprint density at radius 3 is 2.27 bits per heavy atom. The first-order valence-corrected chi connectivity index (χ1v) is 19.3. The van der Waals surface area contributed by atoms with Gasteiger partial charge in [-0.15, -0.1) is 0 Å². The van der Waals surface area contributed by atoms with E-state index in [9.17, 15) is 0 Å². The van der Waals surface area contributed by atoms with Gasteiger partial charge in [0.2, 0.25) is 0 Å². The molecule has 5 aromatic rings. The summed E-state index contributed by atoms with van der Waals surface area (Å²) in [6.45, 7) is 2.49. The normalized spacial score (nSPS) is 22.0. The number of nitrogens with zero attached hydrogens (tertiary/aromatic N) is 2. The van der Waals surface area contributed by atoms with E-state index in [1.807, 2.05) is 0 Å². The maximum atomic E-state index is 2.59. The lowest BCUT2D eigenvalue weighted by Crippen LogP contribution is -2.23. The Labute approximate surface area is 303 Å². The molecule has 254 valence electrons. The highest BCUT2D eigenvalue weighted by Gasteiger charge is 2.29. The highest BCUT2D eigenvalue weighted by atomic mass is 15.2. The van der Waals surface area contributed by atoms with E-state index in [0.717, 1.165) is 19.3 Å². The van der Waals surface area contributed by atoms with Crippen molar-refractivity contribution in [2.75, 3.05) is 4.90 Å². The minimum atomic E-state index is 0.445. The Morgan fingerprint density at radius 2 is 1.51 bits per heavy atom. The summed E-state index contributed by atoms with van der Waals surface area (Å²) in [6.07, 6.45) is 29.8. The summed E-state index contributed by atoms with van der Waals surface area (Å²) < 4.78 is 2.46. The number of aromatic nitrogens is 1. The van der Waals surface area contributed by atoms with Crippen LogP contribution < -0.4 is 4.90 Å². The number of benzene rings is 4. The molecule has 3 atom stereocenters. The molecule has 4 aliphatic rings. The molecule has 0 amide bonds. The van der Waals surface area contributed by atoms with Gasteiger partial charge in [0, 0.05) is 39.4 Å². The van der Waals surface area contributed by atoms with Crippen LogP contribution in [0.5, 0.6) is 0 Å². The van der Waals surface area contributed by atoms with Crippen LogP contribution in [0.2, 0.25) is 0 Å². The third kappa shape index (κ3) is 6.16. The number of anilines is 2. The van der Waals surface area contributed by atoms with E-state index in [4.69, 9.17) is 0 Å². The number of fused-ring (bicyclic) bond motifs is 3. The molecule has 0 aliphatic heterocycles. The molecule has 0 saturated heterocycles. The van der Waals surface area contributed by atoms with E-state index in [0.29, 0.717) is 17.8 Å². The van der Waals surface area contributed by atoms with Gasteiger partial charge in [-0.1, -0.05) is 110 Å². The van der Waals surface area contributed by atoms with Gasteiger partial charge in [-0.2, -0.15) is 0 Å². The Bertz CT molecular complexity index is 2250. The van der Waals surface area contributed by atoms with Crippen molar-refractivity contribution in [2.45, 2.75) is 70.6 Å². The van der Waals surface area contributed by atoms with E-state index in [-0.39, 0.29) is 0 Å². The van der Waals surface area contributed by atoms with Crippen molar-refractivity contribution in [3.05, 3.63) is 174 Å². The zero-order valence-corrected chi connectivity index (χ0v) is 29.8. The summed E-state index contributed by atoms with van der Waals surface area (Å²) in [5, 5.41) is 2.58. The molecular formula is C49H48N2. The molecule has 51 heavy (non-hydrogen) atoms. The van der Waals surface area contributed by atoms with Crippen LogP contribution in [0.1, 0.15) is 76.2 Å². The van der Waals surface area contributed by atoms with E-state index in [2.05, 4.69) is 162 Å². The third-order valence-corrected chi connectivity index (χ3v) is 12.0. The molecule has 0 bridgehead atoms. The topological polar surface area (TPSA) is 8.17 Å². The number of hydrogen-bond acceptors (Lipinski definition) is 1. The Morgan fingerprint density at radius 1 is 0.667 bits per heavy atom. The van der Waals surface area contributed by atoms with Crippen molar-refractivity contribution in [1.29, 1.82) is 0 Å². The summed E-state index contributed by atoms with van der Waals surface area (Å²) in [4.78, 5) is 2.50. The summed E-state index contributed by atoms with van der Waals surface area (Å²) in [6, 6.07) is 36.1. The van der Waals surface area contributed by atoms with Crippen LogP contribution in [0.15, 0.2) is 168 Å². The van der Waals surface area contributed by atoms with Crippen molar-refractivity contribution >= 4 is 33.2 Å². The minimum Gasteiger partial charge on any atom is -0.314 e. The molecule has 3 unspecified atom stereocenters. The van der Waals surface area contributed by atoms with Gasteiger partial charge in [-0.25, -0.2) is 0 Å². The highest BCUT2D eigenvalue weighted by molar-refractivity contribution is 6.10. The number of allylic oxidation sites excluding steroid dienone is 12. The van der Waals surface area contributed by atoms with Crippen LogP contribution in [0.25, 0.3) is 27.5 Å². The van der Waals surface area contributed by atoms with Gasteiger partial charge >= 0.3 is 0 Å². The second kappa shape index (κ2) is 13.9. The quantitative estimate of drug-likeness (QED) is 0.168. The predicted octanol–water partition coefficient (Wildman–Crippen LogP) is 13.6. The van der Waals surface area contributed by atoms with Gasteiger partial charge in [0.25, 0.3) is 0 Å². The Kier molecular flexibility index (Phi) is 8.69. The molecule has 4 aliphatic carbocycles. The van der Waals surface area contributed by atoms with Crippen molar-refractivity contribution < 1.29 is 0 Å². The van der Waals surface area contributed by atoms with Gasteiger partial charge in [0.05, 0.1) is 11.0 Å². The number of rotatable bonds is 7. The molecule has 1 aromatic heterocycles. The molecule has 0 radical (unpaired) electrons. The van der Waals surface area contributed by atoms with Gasteiger partial charge < -0.3 is 9.47 Å². The summed E-state index contributed by atoms with van der Waals surface area (Å²) in [5.74, 6) is 1.78. The number of para-hydroxylation sites is 2. The fourth-order valence-electron chi connectivity index (χ4n) is 9.25. The molecule has 0 fully saturated rings. The van der Waals surface area contributed by atoms with Crippen LogP contribution in [-0.4, -0.2) is 4.57 Å². The second-order valence-electron chi connectivity index (χ2n) is 15.1. The van der Waals surface area contributed by atoms with E-state index in [1.165, 1.54) is 88.7 Å². The highest BCUT2D eigenvalue weighted by Crippen LogP contribution is 2.44. The fourth-order valence-corrected chi connectivity index (χ4v) is 9.25. The standard InChI is InChI=1S/C49H48N2/c1-35-33-40(37-15-7-3-8-16-37)25-31-45(35)39-23-28-42(29-24-39)50(41-17-9-4-10-18-41)44-30-32-47-46-19-11-12-20-48(46)51(49(47)34-44)43-26-21-38(22-27-43)36-13-5-2-6-14-36/h2,4-6,9-13,15,17-23,25-28,30,32,34-36,45H,3,7-8,14,16,24,29,31,33H2,1H3. The van der Waals surface area contributed by atoms with Crippen molar-refractivity contribution in [1.82, 2.24) is 4.57 Å². The van der Waals surface area contributed by atoms with Crippen molar-refractivity contribution in [3.8, 4) is 5.69 Å². The predicted molar refractivity (Wildman–Crippen MR) is 217 cm³/mol. The lowest BCUT2D eigenvalue weighted by atomic mass is 9.72. The maximum absolute atomic E-state index is 2.59. The van der Waals surface area contributed by atoms with Crippen LogP contribution >= 0.6 is 0 Å². The summed E-state index contributed by atoms with van der Waals surface area (Å²) in [7, 11) is 0. The van der Waals surface area contributed by atoms with Gasteiger partial charge in [0.15, 0.2) is 0 Å². The largest absolute Gasteiger partial charge is 0.314 e.